The van der Waals surface area contributed by atoms with E-state index in [9.17, 15) is 9.59 Å². The van der Waals surface area contributed by atoms with Crippen molar-refractivity contribution in [2.75, 3.05) is 13.1 Å². The molecule has 2 aromatic rings. The van der Waals surface area contributed by atoms with Gasteiger partial charge >= 0.3 is 0 Å². The van der Waals surface area contributed by atoms with Gasteiger partial charge in [-0.05, 0) is 43.2 Å². The number of likely N-dealkylation sites (tertiary alicyclic amines) is 1. The van der Waals surface area contributed by atoms with Crippen LogP contribution in [0.2, 0.25) is 0 Å². The second kappa shape index (κ2) is 7.65. The smallest absolute Gasteiger partial charge is 0.267 e. The van der Waals surface area contributed by atoms with Crippen molar-refractivity contribution in [3.63, 3.8) is 0 Å². The molecule has 7 heteroatoms. The second-order valence-corrected chi connectivity index (χ2v) is 6.80. The zero-order valence-corrected chi connectivity index (χ0v) is 15.1. The molecule has 0 radical (unpaired) electrons. The van der Waals surface area contributed by atoms with E-state index in [4.69, 9.17) is 10.5 Å². The maximum Gasteiger partial charge on any atom is 0.267 e. The van der Waals surface area contributed by atoms with Crippen LogP contribution in [0, 0.1) is 0 Å². The number of aromatic nitrogens is 1. The molecule has 3 rings (SSSR count). The predicted molar refractivity (Wildman–Crippen MR) is 96.5 cm³/mol. The number of piperidine rings is 1. The van der Waals surface area contributed by atoms with Gasteiger partial charge in [0.2, 0.25) is 0 Å². The number of hydrogen-bond acceptors (Lipinski definition) is 4. The molecule has 0 spiro atoms. The third-order valence-corrected chi connectivity index (χ3v) is 4.57. The van der Waals surface area contributed by atoms with Gasteiger partial charge < -0.3 is 15.4 Å². The van der Waals surface area contributed by atoms with E-state index in [2.05, 4.69) is 20.9 Å². The Morgan fingerprint density at radius 3 is 2.72 bits per heavy atom. The van der Waals surface area contributed by atoms with Crippen molar-refractivity contribution < 1.29 is 14.3 Å². The molecule has 1 atom stereocenters. The van der Waals surface area contributed by atoms with Gasteiger partial charge in [-0.1, -0.05) is 15.9 Å². The number of carbonyl (C=O) groups excluding carboxylic acids is 2. The molecular weight excluding hydrogens is 386 g/mol. The van der Waals surface area contributed by atoms with Crippen LogP contribution in [-0.4, -0.2) is 40.9 Å². The predicted octanol–water partition coefficient (Wildman–Crippen LogP) is 2.63. The van der Waals surface area contributed by atoms with E-state index in [0.29, 0.717) is 24.4 Å². The summed E-state index contributed by atoms with van der Waals surface area (Å²) in [6.07, 6.45) is 3.07. The fourth-order valence-electron chi connectivity index (χ4n) is 2.81. The van der Waals surface area contributed by atoms with Crippen LogP contribution in [0.5, 0.6) is 5.75 Å². The Morgan fingerprint density at radius 2 is 2.00 bits per heavy atom. The molecule has 1 aliphatic rings. The Hall–Kier alpha value is -2.41. The van der Waals surface area contributed by atoms with Crippen molar-refractivity contribution in [1.29, 1.82) is 0 Å². The van der Waals surface area contributed by atoms with Crippen LogP contribution in [0.4, 0.5) is 0 Å². The number of nitrogens with zero attached hydrogens (tertiary/aromatic N) is 2. The van der Waals surface area contributed by atoms with Crippen LogP contribution < -0.4 is 10.5 Å². The van der Waals surface area contributed by atoms with Gasteiger partial charge in [0.1, 0.15) is 17.5 Å². The highest BCUT2D eigenvalue weighted by atomic mass is 79.9. The molecule has 1 saturated heterocycles. The minimum atomic E-state index is -0.596. The van der Waals surface area contributed by atoms with E-state index in [1.165, 1.54) is 12.3 Å². The van der Waals surface area contributed by atoms with E-state index in [1.807, 2.05) is 12.1 Å². The van der Waals surface area contributed by atoms with Gasteiger partial charge in [0, 0.05) is 28.8 Å². The lowest BCUT2D eigenvalue weighted by molar-refractivity contribution is 0.0537. The highest BCUT2D eigenvalue weighted by Crippen LogP contribution is 2.21. The molecule has 0 aliphatic carbocycles. The summed E-state index contributed by atoms with van der Waals surface area (Å²) in [5.41, 5.74) is 6.06. The minimum absolute atomic E-state index is 0.00615. The summed E-state index contributed by atoms with van der Waals surface area (Å²) in [4.78, 5) is 29.6. The third-order valence-electron chi connectivity index (χ3n) is 4.04. The summed E-state index contributed by atoms with van der Waals surface area (Å²) < 4.78 is 6.87. The van der Waals surface area contributed by atoms with Gasteiger partial charge in [-0.2, -0.15) is 0 Å². The highest BCUT2D eigenvalue weighted by Gasteiger charge is 2.25. The molecule has 2 N–H and O–H groups in total. The first-order valence-electron chi connectivity index (χ1n) is 8.00. The summed E-state index contributed by atoms with van der Waals surface area (Å²) in [5.74, 6) is -0.0683. The minimum Gasteiger partial charge on any atom is -0.488 e. The average Bonchev–Trinajstić information content (AvgIpc) is 2.62. The van der Waals surface area contributed by atoms with Crippen LogP contribution in [-0.2, 0) is 0 Å². The van der Waals surface area contributed by atoms with E-state index in [-0.39, 0.29) is 17.7 Å². The number of ether oxygens (including phenoxy) is 1. The Kier molecular flexibility index (Phi) is 5.33. The molecule has 25 heavy (non-hydrogen) atoms. The molecule has 0 bridgehead atoms. The van der Waals surface area contributed by atoms with Crippen LogP contribution in [0.25, 0.3) is 0 Å². The zero-order valence-electron chi connectivity index (χ0n) is 13.5. The number of carbonyl (C=O) groups is 2. The standard InChI is InChI=1S/C18H18BrN3O3/c19-13-5-3-12(4-6-13)18(24)22-9-1-2-15(11-22)25-14-7-8-21-16(10-14)17(20)23/h3-8,10,15H,1-2,9,11H2,(H2,20,23). The molecule has 1 aromatic heterocycles. The Balaban J connectivity index is 1.66. The number of rotatable bonds is 4. The number of pyridine rings is 1. The van der Waals surface area contributed by atoms with Crippen LogP contribution in [0.1, 0.15) is 33.7 Å². The van der Waals surface area contributed by atoms with E-state index < -0.39 is 5.91 Å². The first-order valence-corrected chi connectivity index (χ1v) is 8.79. The van der Waals surface area contributed by atoms with Gasteiger partial charge in [-0.25, -0.2) is 0 Å². The van der Waals surface area contributed by atoms with Crippen molar-refractivity contribution in [2.45, 2.75) is 18.9 Å². The molecule has 1 fully saturated rings. The lowest BCUT2D eigenvalue weighted by Crippen LogP contribution is -2.44. The lowest BCUT2D eigenvalue weighted by atomic mass is 10.1. The fourth-order valence-corrected chi connectivity index (χ4v) is 3.07. The van der Waals surface area contributed by atoms with Gasteiger partial charge in [0.05, 0.1) is 6.54 Å². The Bertz CT molecular complexity index is 779. The van der Waals surface area contributed by atoms with Gasteiger partial charge in [-0.15, -0.1) is 0 Å². The number of halogens is 1. The van der Waals surface area contributed by atoms with Crippen molar-refractivity contribution in [1.82, 2.24) is 9.88 Å². The zero-order chi connectivity index (χ0) is 17.8. The number of nitrogens with two attached hydrogens (primary N) is 1. The molecule has 130 valence electrons. The lowest BCUT2D eigenvalue weighted by Gasteiger charge is -2.33. The van der Waals surface area contributed by atoms with E-state index in [0.717, 1.165) is 17.3 Å². The number of amides is 2. The molecule has 1 unspecified atom stereocenters. The third kappa shape index (κ3) is 4.36. The first-order chi connectivity index (χ1) is 12.0. The Morgan fingerprint density at radius 1 is 1.24 bits per heavy atom. The number of benzene rings is 1. The molecule has 1 aliphatic heterocycles. The molecule has 2 heterocycles. The van der Waals surface area contributed by atoms with Crippen molar-refractivity contribution in [2.24, 2.45) is 5.73 Å². The fraction of sp³-hybridized carbons (Fsp3) is 0.278. The monoisotopic (exact) mass is 403 g/mol. The SMILES string of the molecule is NC(=O)c1cc(OC2CCCN(C(=O)c3ccc(Br)cc3)C2)ccn1. The summed E-state index contributed by atoms with van der Waals surface area (Å²) >= 11 is 3.37. The number of primary amides is 1. The summed E-state index contributed by atoms with van der Waals surface area (Å²) in [7, 11) is 0. The largest absolute Gasteiger partial charge is 0.488 e. The highest BCUT2D eigenvalue weighted by molar-refractivity contribution is 9.10. The maximum absolute atomic E-state index is 12.6. The molecule has 0 saturated carbocycles. The van der Waals surface area contributed by atoms with Crippen molar-refractivity contribution >= 4 is 27.7 Å². The quantitative estimate of drug-likeness (QED) is 0.849. The van der Waals surface area contributed by atoms with Gasteiger partial charge in [0.15, 0.2) is 0 Å². The van der Waals surface area contributed by atoms with Crippen LogP contribution in [0.3, 0.4) is 0 Å². The summed E-state index contributed by atoms with van der Waals surface area (Å²) in [5, 5.41) is 0. The van der Waals surface area contributed by atoms with Crippen LogP contribution >= 0.6 is 15.9 Å². The average molecular weight is 404 g/mol. The summed E-state index contributed by atoms with van der Waals surface area (Å²) in [6, 6.07) is 10.5. The maximum atomic E-state index is 12.6. The van der Waals surface area contributed by atoms with Gasteiger partial charge in [-0.3, -0.25) is 14.6 Å². The Labute approximate surface area is 154 Å². The molecule has 1 aromatic carbocycles. The van der Waals surface area contributed by atoms with E-state index >= 15 is 0 Å². The summed E-state index contributed by atoms with van der Waals surface area (Å²) in [6.45, 7) is 1.21. The normalized spacial score (nSPS) is 17.2. The van der Waals surface area contributed by atoms with Crippen LogP contribution in [0.15, 0.2) is 47.1 Å². The van der Waals surface area contributed by atoms with Gasteiger partial charge in [0.25, 0.3) is 11.8 Å². The van der Waals surface area contributed by atoms with E-state index in [1.54, 1.807) is 23.1 Å². The number of hydrogen-bond donors (Lipinski definition) is 1. The van der Waals surface area contributed by atoms with Crippen molar-refractivity contribution in [3.05, 3.63) is 58.3 Å². The molecule has 2 amide bonds. The topological polar surface area (TPSA) is 85.5 Å². The second-order valence-electron chi connectivity index (χ2n) is 5.88. The van der Waals surface area contributed by atoms with Crippen molar-refractivity contribution in [3.8, 4) is 5.75 Å². The molecular formula is C18H18BrN3O3. The molecule has 6 nitrogen and oxygen atoms in total. The first kappa shape index (κ1) is 17.4.